The number of anilines is 1. The van der Waals surface area contributed by atoms with Crippen LogP contribution in [0.2, 0.25) is 0 Å². The predicted molar refractivity (Wildman–Crippen MR) is 51.9 cm³/mol. The van der Waals surface area contributed by atoms with Crippen molar-refractivity contribution in [1.82, 2.24) is 4.98 Å². The minimum absolute atomic E-state index is 0.161. The Balaban J connectivity index is 2.68. The Morgan fingerprint density at radius 1 is 1.21 bits per heavy atom. The van der Waals surface area contributed by atoms with Gasteiger partial charge in [0.05, 0.1) is 11.1 Å². The zero-order valence-electron chi connectivity index (χ0n) is 7.00. The summed E-state index contributed by atoms with van der Waals surface area (Å²) >= 11 is 1.15. The second-order valence-corrected chi connectivity index (χ2v) is 3.55. The van der Waals surface area contributed by atoms with E-state index in [1.165, 1.54) is 23.7 Å². The van der Waals surface area contributed by atoms with Crippen LogP contribution in [0.1, 0.15) is 0 Å². The molecule has 2 N–H and O–H groups in total. The van der Waals surface area contributed by atoms with E-state index < -0.39 is 11.6 Å². The molecule has 0 atom stereocenters. The molecule has 0 aliphatic heterocycles. The summed E-state index contributed by atoms with van der Waals surface area (Å²) in [4.78, 5) is 3.82. The summed E-state index contributed by atoms with van der Waals surface area (Å²) in [7, 11) is 0. The van der Waals surface area contributed by atoms with E-state index in [1.807, 2.05) is 0 Å². The summed E-state index contributed by atoms with van der Waals surface area (Å²) in [6, 6.07) is 3.66. The first-order chi connectivity index (χ1) is 6.70. The molecule has 0 amide bonds. The van der Waals surface area contributed by atoms with Gasteiger partial charge in [-0.3, -0.25) is 0 Å². The van der Waals surface area contributed by atoms with Crippen LogP contribution in [0, 0.1) is 11.6 Å². The Morgan fingerprint density at radius 3 is 2.36 bits per heavy atom. The lowest BCUT2D eigenvalue weighted by molar-refractivity contribution is 0.589. The van der Waals surface area contributed by atoms with E-state index in [0.717, 1.165) is 11.3 Å². The number of hydrogen-bond acceptors (Lipinski definition) is 3. The first-order valence-corrected chi connectivity index (χ1v) is 4.71. The maximum absolute atomic E-state index is 13.3. The molecule has 72 valence electrons. The fraction of sp³-hybridized carbons (Fsp3) is 0. The molecular weight excluding hydrogens is 206 g/mol. The SMILES string of the molecule is Nc1scnc1-c1c(F)cccc1F. The Morgan fingerprint density at radius 2 is 1.86 bits per heavy atom. The highest BCUT2D eigenvalue weighted by Crippen LogP contribution is 2.31. The number of halogens is 2. The van der Waals surface area contributed by atoms with Crippen molar-refractivity contribution < 1.29 is 8.78 Å². The van der Waals surface area contributed by atoms with Gasteiger partial charge >= 0.3 is 0 Å². The van der Waals surface area contributed by atoms with Crippen molar-refractivity contribution in [2.75, 3.05) is 5.73 Å². The maximum Gasteiger partial charge on any atom is 0.135 e. The van der Waals surface area contributed by atoms with E-state index >= 15 is 0 Å². The number of benzene rings is 1. The molecule has 2 aromatic rings. The van der Waals surface area contributed by atoms with Crippen molar-refractivity contribution in [2.24, 2.45) is 0 Å². The Hall–Kier alpha value is -1.49. The molecule has 0 radical (unpaired) electrons. The van der Waals surface area contributed by atoms with Gasteiger partial charge in [0.1, 0.15) is 22.3 Å². The van der Waals surface area contributed by atoms with Crippen LogP contribution >= 0.6 is 11.3 Å². The molecule has 0 unspecified atom stereocenters. The van der Waals surface area contributed by atoms with Crippen molar-refractivity contribution in [3.63, 3.8) is 0 Å². The van der Waals surface area contributed by atoms with E-state index in [9.17, 15) is 8.78 Å². The zero-order valence-corrected chi connectivity index (χ0v) is 7.81. The number of aromatic nitrogens is 1. The summed E-state index contributed by atoms with van der Waals surface area (Å²) in [6.45, 7) is 0. The molecule has 0 aliphatic carbocycles. The average Bonchev–Trinajstić information content (AvgIpc) is 2.52. The number of rotatable bonds is 1. The van der Waals surface area contributed by atoms with Gasteiger partial charge in [0.25, 0.3) is 0 Å². The number of hydrogen-bond donors (Lipinski definition) is 1. The van der Waals surface area contributed by atoms with Crippen molar-refractivity contribution in [3.05, 3.63) is 35.3 Å². The van der Waals surface area contributed by atoms with Crippen LogP contribution < -0.4 is 5.73 Å². The fourth-order valence-corrected chi connectivity index (χ4v) is 1.71. The van der Waals surface area contributed by atoms with Gasteiger partial charge in [-0.25, -0.2) is 13.8 Å². The van der Waals surface area contributed by atoms with Gasteiger partial charge in [-0.1, -0.05) is 6.07 Å². The van der Waals surface area contributed by atoms with Crippen molar-refractivity contribution >= 4 is 16.3 Å². The van der Waals surface area contributed by atoms with Crippen LogP contribution in [0.15, 0.2) is 23.7 Å². The molecule has 0 saturated heterocycles. The monoisotopic (exact) mass is 212 g/mol. The molecular formula is C9H6F2N2S. The highest BCUT2D eigenvalue weighted by atomic mass is 32.1. The molecule has 1 aromatic heterocycles. The molecule has 2 nitrogen and oxygen atoms in total. The Kier molecular flexibility index (Phi) is 2.17. The first-order valence-electron chi connectivity index (χ1n) is 3.83. The molecule has 0 aliphatic rings. The number of nitrogens with zero attached hydrogens (tertiary/aromatic N) is 1. The summed E-state index contributed by atoms with van der Waals surface area (Å²) in [5.74, 6) is -1.30. The molecule has 1 aromatic carbocycles. The van der Waals surface area contributed by atoms with Gasteiger partial charge in [0.15, 0.2) is 0 Å². The lowest BCUT2D eigenvalue weighted by Gasteiger charge is -2.01. The quantitative estimate of drug-likeness (QED) is 0.789. The Labute approximate surface area is 83.0 Å². The van der Waals surface area contributed by atoms with Crippen LogP contribution in [0.25, 0.3) is 11.3 Å². The highest BCUT2D eigenvalue weighted by molar-refractivity contribution is 7.14. The summed E-state index contributed by atoms with van der Waals surface area (Å²) in [5, 5.41) is 0.314. The molecule has 14 heavy (non-hydrogen) atoms. The fourth-order valence-electron chi connectivity index (χ4n) is 1.17. The van der Waals surface area contributed by atoms with Crippen LogP contribution in [-0.4, -0.2) is 4.98 Å². The lowest BCUT2D eigenvalue weighted by atomic mass is 10.1. The topological polar surface area (TPSA) is 38.9 Å². The number of nitrogen functional groups attached to an aromatic ring is 1. The Bertz CT molecular complexity index is 447. The largest absolute Gasteiger partial charge is 0.389 e. The standard InChI is InChI=1S/C9H6F2N2S/c10-5-2-1-3-6(11)7(5)8-9(12)14-4-13-8/h1-4H,12H2. The molecule has 0 spiro atoms. The van der Waals surface area contributed by atoms with Gasteiger partial charge < -0.3 is 5.73 Å². The second-order valence-electron chi connectivity index (χ2n) is 2.66. The maximum atomic E-state index is 13.3. The van der Waals surface area contributed by atoms with Crippen LogP contribution in [0.5, 0.6) is 0 Å². The third kappa shape index (κ3) is 1.35. The molecule has 1 heterocycles. The number of thiazole rings is 1. The van der Waals surface area contributed by atoms with Crippen LogP contribution in [0.4, 0.5) is 13.8 Å². The predicted octanol–water partition coefficient (Wildman–Crippen LogP) is 2.67. The molecule has 0 fully saturated rings. The second kappa shape index (κ2) is 3.34. The summed E-state index contributed by atoms with van der Waals surface area (Å²) in [6.07, 6.45) is 0. The van der Waals surface area contributed by atoms with E-state index in [1.54, 1.807) is 0 Å². The van der Waals surface area contributed by atoms with Crippen molar-refractivity contribution in [1.29, 1.82) is 0 Å². The summed E-state index contributed by atoms with van der Waals surface area (Å²) < 4.78 is 26.5. The normalized spacial score (nSPS) is 10.4. The number of nitrogens with two attached hydrogens (primary N) is 1. The molecule has 5 heteroatoms. The van der Waals surface area contributed by atoms with Crippen molar-refractivity contribution in [3.8, 4) is 11.3 Å². The smallest absolute Gasteiger partial charge is 0.135 e. The van der Waals surface area contributed by atoms with Crippen molar-refractivity contribution in [2.45, 2.75) is 0 Å². The van der Waals surface area contributed by atoms with E-state index in [2.05, 4.69) is 4.98 Å². The molecule has 0 bridgehead atoms. The summed E-state index contributed by atoms with van der Waals surface area (Å²) in [5.41, 5.74) is 7.00. The van der Waals surface area contributed by atoms with Gasteiger partial charge in [-0.15, -0.1) is 11.3 Å². The molecule has 2 rings (SSSR count). The highest BCUT2D eigenvalue weighted by Gasteiger charge is 2.15. The molecule has 0 saturated carbocycles. The minimum atomic E-state index is -0.650. The van der Waals surface area contributed by atoms with Gasteiger partial charge in [-0.2, -0.15) is 0 Å². The van der Waals surface area contributed by atoms with E-state index in [0.29, 0.717) is 5.00 Å². The first kappa shape index (κ1) is 9.08. The third-order valence-corrected chi connectivity index (χ3v) is 2.45. The van der Waals surface area contributed by atoms with E-state index in [-0.39, 0.29) is 11.3 Å². The van der Waals surface area contributed by atoms with Crippen LogP contribution in [0.3, 0.4) is 0 Å². The minimum Gasteiger partial charge on any atom is -0.389 e. The van der Waals surface area contributed by atoms with E-state index in [4.69, 9.17) is 5.73 Å². The van der Waals surface area contributed by atoms with Gasteiger partial charge in [0.2, 0.25) is 0 Å². The van der Waals surface area contributed by atoms with Gasteiger partial charge in [0, 0.05) is 0 Å². The average molecular weight is 212 g/mol. The zero-order chi connectivity index (χ0) is 10.1. The van der Waals surface area contributed by atoms with Gasteiger partial charge in [-0.05, 0) is 12.1 Å². The lowest BCUT2D eigenvalue weighted by Crippen LogP contribution is -1.93. The van der Waals surface area contributed by atoms with Crippen LogP contribution in [-0.2, 0) is 0 Å². The third-order valence-electron chi connectivity index (χ3n) is 1.79.